The van der Waals surface area contributed by atoms with Crippen LogP contribution >= 0.6 is 0 Å². The summed E-state index contributed by atoms with van der Waals surface area (Å²) in [6.07, 6.45) is 6.23. The number of fused-ring (bicyclic) bond motifs is 5. The number of rotatable bonds is 4. The molecule has 3 saturated carbocycles. The standard InChI is InChI=1S/C14H24N2O2/c1-18-13(7-15)14(17)16-12-6-8-5-11(12)10-4-2-3-9(8)10/h8-13H,2-7,15H2,1H3,(H,16,17). The van der Waals surface area contributed by atoms with Crippen molar-refractivity contribution in [1.29, 1.82) is 0 Å². The number of hydrogen-bond donors (Lipinski definition) is 2. The third-order valence-electron chi connectivity index (χ3n) is 5.55. The molecule has 6 unspecified atom stereocenters. The summed E-state index contributed by atoms with van der Waals surface area (Å²) in [5, 5.41) is 3.18. The van der Waals surface area contributed by atoms with Crippen LogP contribution < -0.4 is 11.1 Å². The van der Waals surface area contributed by atoms with Crippen molar-refractivity contribution < 1.29 is 9.53 Å². The Morgan fingerprint density at radius 3 is 2.83 bits per heavy atom. The molecule has 4 heteroatoms. The Balaban J connectivity index is 1.61. The Hall–Kier alpha value is -0.610. The lowest BCUT2D eigenvalue weighted by molar-refractivity contribution is -0.131. The van der Waals surface area contributed by atoms with Gasteiger partial charge in [0.1, 0.15) is 6.10 Å². The van der Waals surface area contributed by atoms with Crippen molar-refractivity contribution in [2.45, 2.75) is 44.2 Å². The lowest BCUT2D eigenvalue weighted by atomic mass is 9.79. The summed E-state index contributed by atoms with van der Waals surface area (Å²) in [5.41, 5.74) is 5.53. The lowest BCUT2D eigenvalue weighted by Gasteiger charge is -2.32. The number of nitrogens with one attached hydrogen (secondary N) is 1. The predicted octanol–water partition coefficient (Wildman–Crippen LogP) is 0.901. The smallest absolute Gasteiger partial charge is 0.250 e. The molecule has 2 bridgehead atoms. The van der Waals surface area contributed by atoms with Gasteiger partial charge in [0, 0.05) is 19.7 Å². The van der Waals surface area contributed by atoms with Gasteiger partial charge in [-0.3, -0.25) is 4.79 Å². The highest BCUT2D eigenvalue weighted by molar-refractivity contribution is 5.81. The molecule has 102 valence electrons. The Bertz CT molecular complexity index is 330. The fourth-order valence-corrected chi connectivity index (χ4v) is 4.82. The van der Waals surface area contributed by atoms with E-state index >= 15 is 0 Å². The fraction of sp³-hybridized carbons (Fsp3) is 0.929. The quantitative estimate of drug-likeness (QED) is 0.781. The number of ether oxygens (including phenoxy) is 1. The minimum Gasteiger partial charge on any atom is -0.370 e. The fourth-order valence-electron chi connectivity index (χ4n) is 4.82. The second kappa shape index (κ2) is 4.82. The van der Waals surface area contributed by atoms with Crippen LogP contribution in [0.1, 0.15) is 32.1 Å². The van der Waals surface area contributed by atoms with Crippen LogP contribution in [0.4, 0.5) is 0 Å². The van der Waals surface area contributed by atoms with Crippen LogP contribution in [0.15, 0.2) is 0 Å². The molecule has 0 spiro atoms. The van der Waals surface area contributed by atoms with E-state index < -0.39 is 6.10 Å². The second-order valence-corrected chi connectivity index (χ2v) is 6.23. The van der Waals surface area contributed by atoms with Crippen LogP contribution in [0.25, 0.3) is 0 Å². The van der Waals surface area contributed by atoms with E-state index in [4.69, 9.17) is 10.5 Å². The molecular formula is C14H24N2O2. The molecule has 3 aliphatic carbocycles. The number of carbonyl (C=O) groups excluding carboxylic acids is 1. The molecule has 3 aliphatic rings. The average molecular weight is 252 g/mol. The summed E-state index contributed by atoms with van der Waals surface area (Å²) < 4.78 is 5.10. The molecule has 3 fully saturated rings. The Kier molecular flexibility index (Phi) is 3.32. The van der Waals surface area contributed by atoms with Crippen LogP contribution in [0.5, 0.6) is 0 Å². The third-order valence-corrected chi connectivity index (χ3v) is 5.55. The summed E-state index contributed by atoms with van der Waals surface area (Å²) in [6.45, 7) is 0.259. The zero-order chi connectivity index (χ0) is 12.7. The monoisotopic (exact) mass is 252 g/mol. The Morgan fingerprint density at radius 1 is 1.33 bits per heavy atom. The first-order valence-electron chi connectivity index (χ1n) is 7.27. The summed E-state index contributed by atoms with van der Waals surface area (Å²) >= 11 is 0. The molecule has 0 aromatic rings. The maximum absolute atomic E-state index is 12.0. The SMILES string of the molecule is COC(CN)C(=O)NC1CC2CC1C1CCCC21. The van der Waals surface area contributed by atoms with E-state index in [2.05, 4.69) is 5.32 Å². The molecule has 18 heavy (non-hydrogen) atoms. The van der Waals surface area contributed by atoms with Gasteiger partial charge in [-0.2, -0.15) is 0 Å². The van der Waals surface area contributed by atoms with Gasteiger partial charge in [0.05, 0.1) is 0 Å². The van der Waals surface area contributed by atoms with Crippen molar-refractivity contribution in [3.8, 4) is 0 Å². The van der Waals surface area contributed by atoms with Crippen LogP contribution in [-0.4, -0.2) is 31.7 Å². The van der Waals surface area contributed by atoms with Gasteiger partial charge in [0.25, 0.3) is 5.91 Å². The number of hydrogen-bond acceptors (Lipinski definition) is 3. The van der Waals surface area contributed by atoms with Crippen LogP contribution in [-0.2, 0) is 9.53 Å². The molecule has 0 heterocycles. The van der Waals surface area contributed by atoms with Crippen molar-refractivity contribution in [2.24, 2.45) is 29.4 Å². The topological polar surface area (TPSA) is 64.3 Å². The van der Waals surface area contributed by atoms with Crippen molar-refractivity contribution >= 4 is 5.91 Å². The molecule has 0 aliphatic heterocycles. The molecule has 0 radical (unpaired) electrons. The highest BCUT2D eigenvalue weighted by Crippen LogP contribution is 2.58. The first-order chi connectivity index (χ1) is 8.74. The molecular weight excluding hydrogens is 228 g/mol. The highest BCUT2D eigenvalue weighted by atomic mass is 16.5. The van der Waals surface area contributed by atoms with Crippen LogP contribution in [0, 0.1) is 23.7 Å². The zero-order valence-corrected chi connectivity index (χ0v) is 11.1. The van der Waals surface area contributed by atoms with Gasteiger partial charge < -0.3 is 15.8 Å². The number of methoxy groups -OCH3 is 1. The van der Waals surface area contributed by atoms with E-state index in [0.29, 0.717) is 6.04 Å². The number of amides is 1. The van der Waals surface area contributed by atoms with Gasteiger partial charge in [0.15, 0.2) is 0 Å². The largest absolute Gasteiger partial charge is 0.370 e. The minimum atomic E-state index is -0.483. The Labute approximate surface area is 109 Å². The van der Waals surface area contributed by atoms with E-state index in [1.54, 1.807) is 7.11 Å². The van der Waals surface area contributed by atoms with Gasteiger partial charge in [-0.15, -0.1) is 0 Å². The summed E-state index contributed by atoms with van der Waals surface area (Å²) in [7, 11) is 1.55. The molecule has 1 amide bonds. The molecule has 6 atom stereocenters. The van der Waals surface area contributed by atoms with Crippen molar-refractivity contribution in [3.63, 3.8) is 0 Å². The number of carbonyl (C=O) groups is 1. The van der Waals surface area contributed by atoms with E-state index in [1.165, 1.54) is 32.1 Å². The van der Waals surface area contributed by atoms with Crippen LogP contribution in [0.3, 0.4) is 0 Å². The van der Waals surface area contributed by atoms with Gasteiger partial charge in [-0.25, -0.2) is 0 Å². The van der Waals surface area contributed by atoms with E-state index in [1.807, 2.05) is 0 Å². The van der Waals surface area contributed by atoms with Gasteiger partial charge in [-0.1, -0.05) is 6.42 Å². The van der Waals surface area contributed by atoms with Gasteiger partial charge in [-0.05, 0) is 49.4 Å². The number of nitrogens with two attached hydrogens (primary N) is 1. The molecule has 0 aromatic carbocycles. The van der Waals surface area contributed by atoms with E-state index in [0.717, 1.165) is 23.7 Å². The summed E-state index contributed by atoms with van der Waals surface area (Å²) in [6, 6.07) is 0.381. The maximum Gasteiger partial charge on any atom is 0.250 e. The molecule has 3 N–H and O–H groups in total. The third kappa shape index (κ3) is 1.86. The van der Waals surface area contributed by atoms with Gasteiger partial charge in [0.2, 0.25) is 0 Å². The molecule has 0 saturated heterocycles. The maximum atomic E-state index is 12.0. The predicted molar refractivity (Wildman–Crippen MR) is 68.8 cm³/mol. The summed E-state index contributed by atoms with van der Waals surface area (Å²) in [4.78, 5) is 12.0. The van der Waals surface area contributed by atoms with Crippen LogP contribution in [0.2, 0.25) is 0 Å². The van der Waals surface area contributed by atoms with Crippen molar-refractivity contribution in [2.75, 3.05) is 13.7 Å². The first-order valence-corrected chi connectivity index (χ1v) is 7.27. The average Bonchev–Trinajstić information content (AvgIpc) is 3.01. The van der Waals surface area contributed by atoms with E-state index in [9.17, 15) is 4.79 Å². The lowest BCUT2D eigenvalue weighted by Crippen LogP contribution is -2.48. The summed E-state index contributed by atoms with van der Waals surface area (Å²) in [5.74, 6) is 3.42. The molecule has 3 rings (SSSR count). The molecule has 0 aromatic heterocycles. The Morgan fingerprint density at radius 2 is 2.11 bits per heavy atom. The normalized spacial score (nSPS) is 42.9. The first kappa shape index (κ1) is 12.4. The van der Waals surface area contributed by atoms with E-state index in [-0.39, 0.29) is 12.5 Å². The second-order valence-electron chi connectivity index (χ2n) is 6.23. The zero-order valence-electron chi connectivity index (χ0n) is 11.1. The molecule has 4 nitrogen and oxygen atoms in total. The minimum absolute atomic E-state index is 0.0212. The highest BCUT2D eigenvalue weighted by Gasteiger charge is 2.54. The van der Waals surface area contributed by atoms with Crippen molar-refractivity contribution in [1.82, 2.24) is 5.32 Å². The van der Waals surface area contributed by atoms with Gasteiger partial charge >= 0.3 is 0 Å². The van der Waals surface area contributed by atoms with Crippen molar-refractivity contribution in [3.05, 3.63) is 0 Å².